The molecule has 0 aliphatic heterocycles. The second kappa shape index (κ2) is 8.78. The van der Waals surface area contributed by atoms with Gasteiger partial charge in [0.25, 0.3) is 0 Å². The molecule has 0 aliphatic carbocycles. The van der Waals surface area contributed by atoms with Crippen molar-refractivity contribution in [2.24, 2.45) is 0 Å². The van der Waals surface area contributed by atoms with E-state index in [9.17, 15) is 4.79 Å². The van der Waals surface area contributed by atoms with Gasteiger partial charge < -0.3 is 0 Å². The maximum atomic E-state index is 11.5. The van der Waals surface area contributed by atoms with Crippen LogP contribution in [0.5, 0.6) is 5.75 Å². The van der Waals surface area contributed by atoms with Gasteiger partial charge in [0.2, 0.25) is 0 Å². The third-order valence-electron chi connectivity index (χ3n) is 5.52. The fraction of sp³-hybridized carbons (Fsp3) is 0.0741. The van der Waals surface area contributed by atoms with Crippen LogP contribution < -0.4 is 20.7 Å². The van der Waals surface area contributed by atoms with Gasteiger partial charge in [0.15, 0.2) is 0 Å². The zero-order valence-electron chi connectivity index (χ0n) is 17.3. The predicted molar refractivity (Wildman–Crippen MR) is 136 cm³/mol. The first-order chi connectivity index (χ1) is 15.0. The van der Waals surface area contributed by atoms with Gasteiger partial charge in [-0.3, -0.25) is 0 Å². The van der Waals surface area contributed by atoms with E-state index >= 15 is 0 Å². The SMILES string of the molecule is CC(=O)Oc1cccc(CP(Br)(c2ccccc2)(c2ccccc2)c2ccccc2)c1. The molecule has 4 aromatic carbocycles. The number of hydrogen-bond acceptors (Lipinski definition) is 2. The predicted octanol–water partition coefficient (Wildman–Crippen LogP) is 5.95. The second-order valence-electron chi connectivity index (χ2n) is 7.59. The second-order valence-corrected chi connectivity index (χ2v) is 16.5. The molecule has 4 aromatic rings. The molecule has 0 radical (unpaired) electrons. The Hall–Kier alpha value is -2.74. The first kappa shape index (κ1) is 21.5. The van der Waals surface area contributed by atoms with Crippen LogP contribution in [0.25, 0.3) is 0 Å². The van der Waals surface area contributed by atoms with E-state index in [0.717, 1.165) is 11.7 Å². The van der Waals surface area contributed by atoms with Gasteiger partial charge in [-0.05, 0) is 0 Å². The molecule has 31 heavy (non-hydrogen) atoms. The van der Waals surface area contributed by atoms with Crippen molar-refractivity contribution in [3.8, 4) is 5.75 Å². The quantitative estimate of drug-likeness (QED) is 0.189. The molecule has 0 spiro atoms. The minimum atomic E-state index is -3.07. The van der Waals surface area contributed by atoms with Crippen LogP contribution in [0.2, 0.25) is 0 Å². The maximum absolute atomic E-state index is 11.5. The monoisotopic (exact) mass is 490 g/mol. The molecule has 0 aliphatic rings. The Labute approximate surface area is 191 Å². The summed E-state index contributed by atoms with van der Waals surface area (Å²) in [5.41, 5.74) is 1.10. The van der Waals surface area contributed by atoms with Gasteiger partial charge in [-0.15, -0.1) is 0 Å². The molecule has 0 heterocycles. The van der Waals surface area contributed by atoms with Gasteiger partial charge in [-0.25, -0.2) is 0 Å². The number of hydrogen-bond donors (Lipinski definition) is 0. The molecule has 2 nitrogen and oxygen atoms in total. The molecular formula is C27H24BrO2P. The van der Waals surface area contributed by atoms with Gasteiger partial charge >= 0.3 is 192 Å². The summed E-state index contributed by atoms with van der Waals surface area (Å²) in [5, 5.41) is 0.687. The summed E-state index contributed by atoms with van der Waals surface area (Å²) >= 11 is 4.45. The van der Waals surface area contributed by atoms with Crippen molar-refractivity contribution in [2.75, 3.05) is 0 Å². The molecule has 156 valence electrons. The van der Waals surface area contributed by atoms with Crippen molar-refractivity contribution < 1.29 is 9.53 Å². The fourth-order valence-corrected chi connectivity index (χ4v) is 11.9. The number of ether oxygens (including phenoxy) is 1. The summed E-state index contributed by atoms with van der Waals surface area (Å²) < 4.78 is 5.38. The normalized spacial score (nSPS) is 12.5. The summed E-state index contributed by atoms with van der Waals surface area (Å²) in [6, 6.07) is 39.8. The molecule has 0 atom stereocenters. The number of benzene rings is 4. The van der Waals surface area contributed by atoms with Crippen molar-refractivity contribution in [1.82, 2.24) is 0 Å². The number of halogens is 1. The van der Waals surface area contributed by atoms with Gasteiger partial charge in [0.05, 0.1) is 0 Å². The Morgan fingerprint density at radius 1 is 0.710 bits per heavy atom. The minimum absolute atomic E-state index is 0.317. The number of esters is 1. The van der Waals surface area contributed by atoms with Crippen molar-refractivity contribution >= 4 is 42.7 Å². The molecule has 0 N–H and O–H groups in total. The molecule has 0 fully saturated rings. The Balaban J connectivity index is 2.01. The molecule has 0 saturated heterocycles. The van der Waals surface area contributed by atoms with Gasteiger partial charge in [0.1, 0.15) is 0 Å². The van der Waals surface area contributed by atoms with Crippen LogP contribution in [0, 0.1) is 0 Å². The first-order valence-electron chi connectivity index (χ1n) is 10.2. The van der Waals surface area contributed by atoms with E-state index in [1.165, 1.54) is 22.8 Å². The summed E-state index contributed by atoms with van der Waals surface area (Å²) in [5.74, 6) is 0.249. The van der Waals surface area contributed by atoms with E-state index in [-0.39, 0.29) is 5.97 Å². The van der Waals surface area contributed by atoms with E-state index in [1.54, 1.807) is 0 Å². The van der Waals surface area contributed by atoms with E-state index in [0.29, 0.717) is 5.75 Å². The van der Waals surface area contributed by atoms with Crippen molar-refractivity contribution in [3.63, 3.8) is 0 Å². The Morgan fingerprint density at radius 3 is 1.58 bits per heavy atom. The van der Waals surface area contributed by atoms with Crippen LogP contribution in [-0.2, 0) is 11.0 Å². The zero-order valence-corrected chi connectivity index (χ0v) is 19.8. The van der Waals surface area contributed by atoms with E-state index < -0.39 is 5.31 Å². The average Bonchev–Trinajstić information content (AvgIpc) is 2.81. The summed E-state index contributed by atoms with van der Waals surface area (Å²) in [7, 11) is 0. The molecule has 0 saturated carbocycles. The van der Waals surface area contributed by atoms with Crippen molar-refractivity contribution in [1.29, 1.82) is 0 Å². The zero-order chi connectivity index (χ0) is 21.8. The van der Waals surface area contributed by atoms with Gasteiger partial charge in [-0.2, -0.15) is 0 Å². The van der Waals surface area contributed by atoms with Crippen LogP contribution in [-0.4, -0.2) is 5.97 Å². The molecule has 0 aromatic heterocycles. The summed E-state index contributed by atoms with van der Waals surface area (Å²) in [6.45, 7) is 1.43. The van der Waals surface area contributed by atoms with Crippen LogP contribution in [0.15, 0.2) is 115 Å². The van der Waals surface area contributed by atoms with Crippen LogP contribution in [0.4, 0.5) is 0 Å². The Morgan fingerprint density at radius 2 is 1.16 bits per heavy atom. The summed E-state index contributed by atoms with van der Waals surface area (Å²) in [4.78, 5) is 11.5. The third-order valence-corrected chi connectivity index (χ3v) is 15.0. The number of rotatable bonds is 6. The van der Waals surface area contributed by atoms with E-state index in [1.807, 2.05) is 18.2 Å². The van der Waals surface area contributed by atoms with Gasteiger partial charge in [-0.1, -0.05) is 0 Å². The molecule has 4 rings (SSSR count). The van der Waals surface area contributed by atoms with Crippen molar-refractivity contribution in [3.05, 3.63) is 121 Å². The third kappa shape index (κ3) is 4.08. The van der Waals surface area contributed by atoms with E-state index in [4.69, 9.17) is 4.74 Å². The Kier molecular flexibility index (Phi) is 6.09. The van der Waals surface area contributed by atoms with Crippen LogP contribution in [0.3, 0.4) is 0 Å². The Bertz CT molecular complexity index is 1080. The van der Waals surface area contributed by atoms with Crippen LogP contribution >= 0.6 is 20.8 Å². The van der Waals surface area contributed by atoms with E-state index in [2.05, 4.69) is 113 Å². The standard InChI is InChI=1S/C27H24BrO2P/c1-22(29)30-24-13-11-12-23(20-24)21-31(28,25-14-5-2-6-15-25,26-16-7-3-8-17-26)27-18-9-4-10-19-27/h2-20H,21H2,1H3. The average molecular weight is 491 g/mol. The van der Waals surface area contributed by atoms with Crippen molar-refractivity contribution in [2.45, 2.75) is 13.1 Å². The fourth-order valence-electron chi connectivity index (χ4n) is 4.15. The number of carbonyl (C=O) groups excluding carboxylic acids is 1. The summed E-state index contributed by atoms with van der Waals surface area (Å²) in [6.07, 6.45) is 0.749. The molecular weight excluding hydrogens is 467 g/mol. The molecule has 0 bridgehead atoms. The molecule has 0 unspecified atom stereocenters. The first-order valence-corrected chi connectivity index (χ1v) is 14.6. The van der Waals surface area contributed by atoms with Gasteiger partial charge in [0, 0.05) is 0 Å². The topological polar surface area (TPSA) is 26.3 Å². The number of carbonyl (C=O) groups is 1. The van der Waals surface area contributed by atoms with Crippen LogP contribution in [0.1, 0.15) is 12.5 Å². The molecule has 0 amide bonds. The molecule has 4 heteroatoms.